The van der Waals surface area contributed by atoms with Gasteiger partial charge in [-0.2, -0.15) is 0 Å². The Labute approximate surface area is 97.8 Å². The smallest absolute Gasteiger partial charge is 0 e. The minimum atomic E-state index is 0. The fourth-order valence-electron chi connectivity index (χ4n) is 0. The van der Waals surface area contributed by atoms with Gasteiger partial charge in [0, 0.05) is 19.5 Å². The first-order valence-corrected chi connectivity index (χ1v) is 1.64. The van der Waals surface area contributed by atoms with Crippen LogP contribution in [0.1, 0.15) is 0 Å². The van der Waals surface area contributed by atoms with Crippen molar-refractivity contribution in [3.8, 4) is 0 Å². The quantitative estimate of drug-likeness (QED) is 0.259. The second-order valence-electron chi connectivity index (χ2n) is 0.298. The van der Waals surface area contributed by atoms with Gasteiger partial charge in [-0.05, 0) is 0 Å². The van der Waals surface area contributed by atoms with Crippen LogP contribution >= 0.6 is 0 Å². The Morgan fingerprint density at radius 2 is 0.688 bits per heavy atom. The van der Waals surface area contributed by atoms with Crippen LogP contribution in [0.3, 0.4) is 0 Å². The molecule has 0 aromatic heterocycles. The third kappa shape index (κ3) is 303. The van der Waals surface area contributed by atoms with Crippen molar-refractivity contribution in [3.05, 3.63) is 40.5 Å². The SMILES string of the molecule is N#[O+].O=N[O-].O=N[O-].O=N[O-].O=N[O-].[OH-].[Ru]. The van der Waals surface area contributed by atoms with Crippen LogP contribution in [0.15, 0.2) is 21.4 Å². The summed E-state index contributed by atoms with van der Waals surface area (Å²) in [5, 5.41) is 36.0. The third-order valence-electron chi connectivity index (χ3n) is 0. The van der Waals surface area contributed by atoms with Gasteiger partial charge in [-0.3, -0.25) is 0 Å². The van der Waals surface area contributed by atoms with E-state index >= 15 is 0 Å². The summed E-state index contributed by atoms with van der Waals surface area (Å²) in [4.78, 5) is 32.0. The van der Waals surface area contributed by atoms with Gasteiger partial charge >= 0.3 is 10.2 Å². The number of hydrogen-bond acceptors (Lipinski definition) is 14. The molecule has 0 aliphatic rings. The molecule has 98 valence electrons. The second kappa shape index (κ2) is 526. The summed E-state index contributed by atoms with van der Waals surface area (Å²) in [6.45, 7) is 0. The van der Waals surface area contributed by atoms with Crippen molar-refractivity contribution in [2.24, 2.45) is 21.4 Å². The maximum atomic E-state index is 8.00. The monoisotopic (exact) mass is 333 g/mol. The molecular weight excluding hydrogens is 331 g/mol. The van der Waals surface area contributed by atoms with Gasteiger partial charge in [0.15, 0.2) is 0 Å². The minimum Gasteiger partial charge on any atom is -0.870 e. The van der Waals surface area contributed by atoms with E-state index in [-0.39, 0.29) is 25.0 Å². The van der Waals surface area contributed by atoms with Crippen LogP contribution in [0.5, 0.6) is 0 Å². The Hall–Kier alpha value is -2.15. The molecule has 1 N–H and O–H groups in total. The summed E-state index contributed by atoms with van der Waals surface area (Å²) in [7, 11) is 0. The zero-order valence-electron chi connectivity index (χ0n) is 6.71. The maximum Gasteiger partial charge on any atom is 0 e. The van der Waals surface area contributed by atoms with Crippen LogP contribution in [0.4, 0.5) is 0 Å². The topological polar surface area (TPSA) is 284 Å². The molecule has 0 aromatic rings. The Balaban J connectivity index is -0.0000000124. The molecule has 0 aromatic carbocycles. The largest absolute Gasteiger partial charge is 0.870 e. The van der Waals surface area contributed by atoms with Crippen molar-refractivity contribution in [1.29, 1.82) is 5.46 Å². The molecular formula is HN5O10Ru-4. The first-order valence-electron chi connectivity index (χ1n) is 1.64. The van der Waals surface area contributed by atoms with E-state index in [0.717, 1.165) is 21.4 Å². The second-order valence-corrected chi connectivity index (χ2v) is 0.298. The number of nitrogens with zero attached hydrogens (tertiary/aromatic N) is 5. The molecule has 0 radical (unpaired) electrons. The fourth-order valence-corrected chi connectivity index (χ4v) is 0. The first-order chi connectivity index (χ1) is 6.66. The van der Waals surface area contributed by atoms with E-state index < -0.39 is 0 Å². The molecule has 0 fully saturated rings. The molecule has 0 bridgehead atoms. The van der Waals surface area contributed by atoms with Gasteiger partial charge in [0.05, 0.1) is 0 Å². The van der Waals surface area contributed by atoms with Crippen LogP contribution in [0.25, 0.3) is 0 Å². The van der Waals surface area contributed by atoms with E-state index in [1.165, 1.54) is 0 Å². The molecule has 16 heavy (non-hydrogen) atoms. The number of rotatable bonds is 0. The molecule has 0 atom stereocenters. The average molecular weight is 332 g/mol. The van der Waals surface area contributed by atoms with Gasteiger partial charge in [-0.1, -0.05) is 0 Å². The predicted molar refractivity (Wildman–Crippen MR) is 41.0 cm³/mol. The Morgan fingerprint density at radius 3 is 0.688 bits per heavy atom. The average Bonchev–Trinajstić information content (AvgIpc) is 2.12. The minimum absolute atomic E-state index is 0. The molecule has 0 saturated carbocycles. The van der Waals surface area contributed by atoms with Crippen molar-refractivity contribution < 1.29 is 29.7 Å². The molecule has 0 aliphatic heterocycles. The predicted octanol–water partition coefficient (Wildman–Crippen LogP) is 0.719. The van der Waals surface area contributed by atoms with Crippen molar-refractivity contribution in [1.82, 2.24) is 0 Å². The van der Waals surface area contributed by atoms with E-state index in [9.17, 15) is 0 Å². The van der Waals surface area contributed by atoms with Gasteiger partial charge in [0.1, 0.15) is 0 Å². The Bertz CT molecular complexity index is 99.6. The van der Waals surface area contributed by atoms with Crippen LogP contribution in [0, 0.1) is 45.9 Å². The van der Waals surface area contributed by atoms with E-state index in [0.29, 0.717) is 0 Å². The zero-order valence-corrected chi connectivity index (χ0v) is 8.45. The van der Waals surface area contributed by atoms with E-state index in [4.69, 9.17) is 50.7 Å². The van der Waals surface area contributed by atoms with Gasteiger partial charge in [0.2, 0.25) is 0 Å². The summed E-state index contributed by atoms with van der Waals surface area (Å²) >= 11 is 0. The van der Waals surface area contributed by atoms with Crippen LogP contribution in [-0.4, -0.2) is 5.48 Å². The molecule has 15 nitrogen and oxygen atoms in total. The van der Waals surface area contributed by atoms with Crippen molar-refractivity contribution in [3.63, 3.8) is 0 Å². The van der Waals surface area contributed by atoms with E-state index in [2.05, 4.69) is 0 Å². The molecule has 0 heterocycles. The normalized spacial score (nSPS) is 3.12. The van der Waals surface area contributed by atoms with E-state index in [1.54, 1.807) is 0 Å². The van der Waals surface area contributed by atoms with Gasteiger partial charge in [0.25, 0.3) is 0 Å². The molecule has 0 spiro atoms. The van der Waals surface area contributed by atoms with Crippen molar-refractivity contribution in [2.75, 3.05) is 0 Å². The molecule has 0 rings (SSSR count). The van der Waals surface area contributed by atoms with E-state index in [1.807, 2.05) is 0 Å². The molecule has 0 amide bonds. The fraction of sp³-hybridized carbons (Fsp3) is 0. The molecule has 0 unspecified atom stereocenters. The molecule has 16 heteroatoms. The van der Waals surface area contributed by atoms with Crippen LogP contribution in [0.2, 0.25) is 0 Å². The van der Waals surface area contributed by atoms with Crippen LogP contribution in [-0.2, 0) is 24.3 Å². The van der Waals surface area contributed by atoms with Crippen molar-refractivity contribution in [2.45, 2.75) is 0 Å². The summed E-state index contributed by atoms with van der Waals surface area (Å²) in [5.41, 5.74) is 5.75. The standard InChI is InChI=1S/4HNO2.NO.H2O.Ru/c4*2-1-3;1-2;;/h4*(H,2,3);;1H2;/q;;;;+1;;/p-5. The summed E-state index contributed by atoms with van der Waals surface area (Å²) in [5.74, 6) is 0. The molecule has 0 aliphatic carbocycles. The molecule has 0 saturated heterocycles. The van der Waals surface area contributed by atoms with Gasteiger partial charge in [-0.25, -0.2) is 0 Å². The Morgan fingerprint density at radius 1 is 0.688 bits per heavy atom. The first kappa shape index (κ1) is 48.7. The Kier molecular flexibility index (Phi) is 1600. The van der Waals surface area contributed by atoms with Crippen LogP contribution < -0.4 is 0 Å². The third-order valence-corrected chi connectivity index (χ3v) is 0. The summed E-state index contributed by atoms with van der Waals surface area (Å²) < 4.78 is 7.25. The van der Waals surface area contributed by atoms with Gasteiger partial charge < -0.3 is 45.9 Å². The van der Waals surface area contributed by atoms with Crippen molar-refractivity contribution >= 4 is 0 Å². The number of hydrogen-bond donors (Lipinski definition) is 0. The summed E-state index contributed by atoms with van der Waals surface area (Å²) in [6.07, 6.45) is 0. The van der Waals surface area contributed by atoms with Gasteiger partial charge in [-0.15, -0.1) is 21.4 Å². The summed E-state index contributed by atoms with van der Waals surface area (Å²) in [6, 6.07) is 0. The zero-order chi connectivity index (χ0) is 12.8. The maximum absolute atomic E-state index is 8.00.